The van der Waals surface area contributed by atoms with Gasteiger partial charge in [0.2, 0.25) is 0 Å². The molecule has 176 valence electrons. The predicted octanol–water partition coefficient (Wildman–Crippen LogP) is 6.46. The number of thioether (sulfide) groups is 1. The van der Waals surface area contributed by atoms with Gasteiger partial charge in [-0.1, -0.05) is 65.4 Å². The predicted molar refractivity (Wildman–Crippen MR) is 146 cm³/mol. The molecule has 0 saturated carbocycles. The SMILES string of the molecule is Cc1c(N2C(=O)/C(=C/c3ccc(-c4ccc(Cl)cc4Cl)o3)SC2=S)c(=O)n(-c2ccccc2)n1C. The number of hydrogen-bond acceptors (Lipinski definition) is 5. The Bertz CT molecular complexity index is 1590. The van der Waals surface area contributed by atoms with Crippen molar-refractivity contribution < 1.29 is 9.21 Å². The molecule has 2 aromatic carbocycles. The molecule has 1 aliphatic heterocycles. The fourth-order valence-corrected chi connectivity index (χ4v) is 5.62. The van der Waals surface area contributed by atoms with Crippen LogP contribution in [-0.4, -0.2) is 19.6 Å². The van der Waals surface area contributed by atoms with Crippen LogP contribution in [0.4, 0.5) is 5.69 Å². The molecule has 2 aromatic heterocycles. The van der Waals surface area contributed by atoms with E-state index in [1.54, 1.807) is 55.1 Å². The van der Waals surface area contributed by atoms with Crippen LogP contribution in [0.25, 0.3) is 23.1 Å². The van der Waals surface area contributed by atoms with Gasteiger partial charge in [-0.25, -0.2) is 4.68 Å². The quantitative estimate of drug-likeness (QED) is 0.219. The Kier molecular flexibility index (Phi) is 6.23. The third-order valence-electron chi connectivity index (χ3n) is 5.64. The van der Waals surface area contributed by atoms with E-state index in [0.717, 1.165) is 11.8 Å². The van der Waals surface area contributed by atoms with Gasteiger partial charge in [0.1, 0.15) is 17.2 Å². The van der Waals surface area contributed by atoms with Crippen LogP contribution in [0.1, 0.15) is 11.5 Å². The maximum Gasteiger partial charge on any atom is 0.296 e. The van der Waals surface area contributed by atoms with Crippen LogP contribution in [0.15, 0.2) is 74.8 Å². The monoisotopic (exact) mass is 541 g/mol. The molecule has 0 atom stereocenters. The highest BCUT2D eigenvalue weighted by Gasteiger charge is 2.38. The van der Waals surface area contributed by atoms with Gasteiger partial charge in [-0.05, 0) is 49.4 Å². The van der Waals surface area contributed by atoms with Crippen LogP contribution >= 0.6 is 47.2 Å². The van der Waals surface area contributed by atoms with E-state index in [9.17, 15) is 9.59 Å². The zero-order valence-electron chi connectivity index (χ0n) is 18.5. The van der Waals surface area contributed by atoms with Crippen LogP contribution in [0.5, 0.6) is 0 Å². The molecule has 35 heavy (non-hydrogen) atoms. The van der Waals surface area contributed by atoms with E-state index in [1.807, 2.05) is 30.3 Å². The molecule has 1 fully saturated rings. The van der Waals surface area contributed by atoms with Gasteiger partial charge in [0.05, 0.1) is 21.3 Å². The number of aromatic nitrogens is 2. The second-order valence-electron chi connectivity index (χ2n) is 7.75. The molecule has 1 amide bonds. The van der Waals surface area contributed by atoms with Crippen molar-refractivity contribution in [2.45, 2.75) is 6.92 Å². The number of rotatable bonds is 4. The Morgan fingerprint density at radius 2 is 1.77 bits per heavy atom. The molecule has 1 aliphatic rings. The summed E-state index contributed by atoms with van der Waals surface area (Å²) in [5.74, 6) is 0.615. The van der Waals surface area contributed by atoms with Gasteiger partial charge >= 0.3 is 0 Å². The third kappa shape index (κ3) is 4.16. The Hall–Kier alpha value is -3.04. The first-order valence-electron chi connectivity index (χ1n) is 10.4. The lowest BCUT2D eigenvalue weighted by atomic mass is 10.2. The molecular formula is C25H17Cl2N3O3S2. The molecule has 0 bridgehead atoms. The fourth-order valence-electron chi connectivity index (χ4n) is 3.87. The number of nitrogens with zero attached hydrogens (tertiary/aromatic N) is 3. The average Bonchev–Trinajstić information content (AvgIpc) is 3.45. The fraction of sp³-hybridized carbons (Fsp3) is 0.0800. The van der Waals surface area contributed by atoms with E-state index in [2.05, 4.69) is 0 Å². The second kappa shape index (κ2) is 9.20. The van der Waals surface area contributed by atoms with Gasteiger partial charge in [-0.15, -0.1) is 0 Å². The number of halogens is 2. The minimum absolute atomic E-state index is 0.232. The molecule has 0 unspecified atom stereocenters. The van der Waals surface area contributed by atoms with Crippen LogP contribution in [-0.2, 0) is 11.8 Å². The minimum Gasteiger partial charge on any atom is -0.457 e. The Labute approximate surface area is 220 Å². The van der Waals surface area contributed by atoms with E-state index in [-0.39, 0.29) is 21.5 Å². The molecule has 6 nitrogen and oxygen atoms in total. The summed E-state index contributed by atoms with van der Waals surface area (Å²) in [6.45, 7) is 1.78. The maximum absolute atomic E-state index is 13.4. The summed E-state index contributed by atoms with van der Waals surface area (Å²) in [6.07, 6.45) is 1.61. The van der Waals surface area contributed by atoms with Crippen molar-refractivity contribution in [3.8, 4) is 17.0 Å². The highest BCUT2D eigenvalue weighted by molar-refractivity contribution is 8.27. The van der Waals surface area contributed by atoms with Gasteiger partial charge in [0, 0.05) is 23.7 Å². The summed E-state index contributed by atoms with van der Waals surface area (Å²) in [4.78, 5) is 28.4. The van der Waals surface area contributed by atoms with E-state index in [4.69, 9.17) is 39.8 Å². The molecule has 10 heteroatoms. The molecule has 1 saturated heterocycles. The van der Waals surface area contributed by atoms with Crippen LogP contribution < -0.4 is 10.5 Å². The molecule has 0 radical (unpaired) electrons. The Morgan fingerprint density at radius 3 is 2.49 bits per heavy atom. The van der Waals surface area contributed by atoms with E-state index in [1.165, 1.54) is 9.58 Å². The number of thiocarbonyl (C=S) groups is 1. The zero-order valence-corrected chi connectivity index (χ0v) is 21.6. The smallest absolute Gasteiger partial charge is 0.296 e. The summed E-state index contributed by atoms with van der Waals surface area (Å²) in [7, 11) is 1.77. The van der Waals surface area contributed by atoms with E-state index < -0.39 is 0 Å². The number of carbonyl (C=O) groups excluding carboxylic acids is 1. The summed E-state index contributed by atoms with van der Waals surface area (Å²) in [5, 5.41) is 0.982. The summed E-state index contributed by atoms with van der Waals surface area (Å²) in [6, 6.07) is 17.9. The summed E-state index contributed by atoms with van der Waals surface area (Å²) < 4.78 is 9.41. The highest BCUT2D eigenvalue weighted by Crippen LogP contribution is 2.37. The molecular weight excluding hydrogens is 525 g/mol. The van der Waals surface area contributed by atoms with Gasteiger partial charge < -0.3 is 4.42 Å². The first-order chi connectivity index (χ1) is 16.8. The number of furan rings is 1. The topological polar surface area (TPSA) is 60.4 Å². The van der Waals surface area contributed by atoms with Crippen molar-refractivity contribution in [2.75, 3.05) is 4.90 Å². The van der Waals surface area contributed by atoms with Crippen LogP contribution in [0.2, 0.25) is 10.0 Å². The number of para-hydroxylation sites is 1. The van der Waals surface area contributed by atoms with Crippen LogP contribution in [0.3, 0.4) is 0 Å². The third-order valence-corrected chi connectivity index (χ3v) is 7.49. The maximum atomic E-state index is 13.4. The number of hydrogen-bond donors (Lipinski definition) is 0. The number of anilines is 1. The average molecular weight is 542 g/mol. The largest absolute Gasteiger partial charge is 0.457 e. The Balaban J connectivity index is 1.49. The van der Waals surface area contributed by atoms with Crippen molar-refractivity contribution >= 4 is 69.2 Å². The van der Waals surface area contributed by atoms with Gasteiger partial charge in [-0.2, -0.15) is 0 Å². The van der Waals surface area contributed by atoms with Crippen molar-refractivity contribution in [3.63, 3.8) is 0 Å². The Morgan fingerprint density at radius 1 is 1.03 bits per heavy atom. The molecule has 4 aromatic rings. The first kappa shape index (κ1) is 23.7. The van der Waals surface area contributed by atoms with E-state index >= 15 is 0 Å². The van der Waals surface area contributed by atoms with Crippen molar-refractivity contribution in [2.24, 2.45) is 7.05 Å². The van der Waals surface area contributed by atoms with Gasteiger partial charge in [0.15, 0.2) is 4.32 Å². The lowest BCUT2D eigenvalue weighted by Gasteiger charge is -2.12. The molecule has 3 heterocycles. The lowest BCUT2D eigenvalue weighted by Crippen LogP contribution is -2.33. The molecule has 0 spiro atoms. The number of benzene rings is 2. The lowest BCUT2D eigenvalue weighted by molar-refractivity contribution is -0.113. The minimum atomic E-state index is -0.381. The van der Waals surface area contributed by atoms with Crippen molar-refractivity contribution in [1.29, 1.82) is 0 Å². The normalized spacial score (nSPS) is 15.0. The second-order valence-corrected chi connectivity index (χ2v) is 10.3. The number of carbonyl (C=O) groups is 1. The van der Waals surface area contributed by atoms with Crippen molar-refractivity contribution in [3.05, 3.63) is 97.4 Å². The number of amides is 1. The van der Waals surface area contributed by atoms with Gasteiger partial charge in [-0.3, -0.25) is 19.2 Å². The zero-order chi connectivity index (χ0) is 24.9. The highest BCUT2D eigenvalue weighted by atomic mass is 35.5. The van der Waals surface area contributed by atoms with Crippen LogP contribution in [0, 0.1) is 6.92 Å². The summed E-state index contributed by atoms with van der Waals surface area (Å²) in [5.41, 5.74) is 1.90. The first-order valence-corrected chi connectivity index (χ1v) is 12.4. The molecule has 5 rings (SSSR count). The molecule has 0 aliphatic carbocycles. The van der Waals surface area contributed by atoms with Gasteiger partial charge in [0.25, 0.3) is 11.5 Å². The molecule has 0 N–H and O–H groups in total. The standard InChI is InChI=1S/C25H17Cl2N3O3S2/c1-14-22(24(32)30(28(14)2)16-6-4-3-5-7-16)29-23(31)21(35-25(29)34)13-17-9-11-20(33-17)18-10-8-15(26)12-19(18)27/h3-13H,1-2H3/b21-13-. The van der Waals surface area contributed by atoms with E-state index in [0.29, 0.717) is 43.4 Å². The van der Waals surface area contributed by atoms with Crippen molar-refractivity contribution in [1.82, 2.24) is 9.36 Å². The summed E-state index contributed by atoms with van der Waals surface area (Å²) >= 11 is 18.9.